The van der Waals surface area contributed by atoms with Crippen molar-refractivity contribution in [2.24, 2.45) is 0 Å². The van der Waals surface area contributed by atoms with Crippen LogP contribution in [-0.2, 0) is 11.3 Å². The zero-order valence-corrected chi connectivity index (χ0v) is 10.8. The highest BCUT2D eigenvalue weighted by Crippen LogP contribution is 2.12. The van der Waals surface area contributed by atoms with Crippen molar-refractivity contribution in [2.75, 3.05) is 6.54 Å². The summed E-state index contributed by atoms with van der Waals surface area (Å²) in [6.07, 6.45) is 0.481. The van der Waals surface area contributed by atoms with Gasteiger partial charge in [0, 0.05) is 24.2 Å². The Hall–Kier alpha value is -1.65. The van der Waals surface area contributed by atoms with E-state index < -0.39 is 0 Å². The summed E-state index contributed by atoms with van der Waals surface area (Å²) in [5.41, 5.74) is 2.11. The molecule has 94 valence electrons. The number of Topliss-reactive ketones (excluding diaryl/α,β-unsaturated/α-hetero) is 1. The molecule has 5 heteroatoms. The molecule has 0 atom stereocenters. The third-order valence-corrected chi connectivity index (χ3v) is 2.78. The van der Waals surface area contributed by atoms with Gasteiger partial charge >= 0.3 is 0 Å². The Labute approximate surface area is 101 Å². The van der Waals surface area contributed by atoms with Gasteiger partial charge in [0.25, 0.3) is 5.91 Å². The van der Waals surface area contributed by atoms with E-state index in [1.807, 2.05) is 27.7 Å². The topological polar surface area (TPSA) is 64.0 Å². The molecule has 1 aromatic rings. The fraction of sp³-hybridized carbons (Fsp3) is 0.583. The molecule has 1 amide bonds. The van der Waals surface area contributed by atoms with Crippen molar-refractivity contribution in [3.8, 4) is 0 Å². The lowest BCUT2D eigenvalue weighted by molar-refractivity contribution is -0.119. The average Bonchev–Trinajstić information content (AvgIpc) is 2.57. The number of aromatic nitrogens is 2. The molecule has 1 N–H and O–H groups in total. The first-order valence-electron chi connectivity index (χ1n) is 5.85. The maximum absolute atomic E-state index is 11.7. The summed E-state index contributed by atoms with van der Waals surface area (Å²) < 4.78 is 1.60. The van der Waals surface area contributed by atoms with Gasteiger partial charge in [0.15, 0.2) is 11.5 Å². The molecule has 0 radical (unpaired) electrons. The van der Waals surface area contributed by atoms with Gasteiger partial charge in [0.05, 0.1) is 6.54 Å². The summed E-state index contributed by atoms with van der Waals surface area (Å²) in [5, 5.41) is 6.91. The second-order valence-electron chi connectivity index (χ2n) is 3.97. The number of ketones is 1. The van der Waals surface area contributed by atoms with E-state index in [2.05, 4.69) is 10.4 Å². The fourth-order valence-corrected chi connectivity index (χ4v) is 1.53. The van der Waals surface area contributed by atoms with Crippen LogP contribution in [0, 0.1) is 13.8 Å². The van der Waals surface area contributed by atoms with E-state index in [1.54, 1.807) is 4.68 Å². The van der Waals surface area contributed by atoms with Gasteiger partial charge in [-0.1, -0.05) is 6.92 Å². The van der Waals surface area contributed by atoms with E-state index in [0.717, 1.165) is 11.3 Å². The van der Waals surface area contributed by atoms with E-state index in [-0.39, 0.29) is 18.2 Å². The van der Waals surface area contributed by atoms with Gasteiger partial charge in [0.2, 0.25) is 0 Å². The summed E-state index contributed by atoms with van der Waals surface area (Å²) >= 11 is 0. The Balaban J connectivity index is 2.99. The Morgan fingerprint density at radius 1 is 1.29 bits per heavy atom. The lowest BCUT2D eigenvalue weighted by Gasteiger charge is -2.01. The van der Waals surface area contributed by atoms with Crippen LogP contribution >= 0.6 is 0 Å². The molecular formula is C12H19N3O2. The van der Waals surface area contributed by atoms with Crippen LogP contribution in [0.25, 0.3) is 0 Å². The summed E-state index contributed by atoms with van der Waals surface area (Å²) in [6, 6.07) is 0. The molecule has 1 rings (SSSR count). The fourth-order valence-electron chi connectivity index (χ4n) is 1.53. The SMILES string of the molecule is CCNC(=O)c1nn(CC(=O)CC)c(C)c1C. The highest BCUT2D eigenvalue weighted by molar-refractivity contribution is 5.93. The number of hydrogen-bond donors (Lipinski definition) is 1. The first kappa shape index (κ1) is 13.4. The first-order chi connectivity index (χ1) is 8.01. The number of amides is 1. The summed E-state index contributed by atoms with van der Waals surface area (Å²) in [7, 11) is 0. The molecular weight excluding hydrogens is 218 g/mol. The minimum atomic E-state index is -0.184. The van der Waals surface area contributed by atoms with Crippen LogP contribution < -0.4 is 5.32 Å². The number of carbonyl (C=O) groups is 2. The molecule has 0 saturated carbocycles. The van der Waals surface area contributed by atoms with Crippen LogP contribution in [0.3, 0.4) is 0 Å². The Morgan fingerprint density at radius 2 is 1.94 bits per heavy atom. The molecule has 0 fully saturated rings. The van der Waals surface area contributed by atoms with Crippen LogP contribution in [0.2, 0.25) is 0 Å². The van der Waals surface area contributed by atoms with Crippen LogP contribution in [0.4, 0.5) is 0 Å². The van der Waals surface area contributed by atoms with Gasteiger partial charge in [-0.25, -0.2) is 0 Å². The number of nitrogens with one attached hydrogen (secondary N) is 1. The second kappa shape index (κ2) is 5.61. The summed E-state index contributed by atoms with van der Waals surface area (Å²) in [6.45, 7) is 8.20. The van der Waals surface area contributed by atoms with Crippen molar-refractivity contribution in [2.45, 2.75) is 40.7 Å². The molecule has 0 aliphatic carbocycles. The van der Waals surface area contributed by atoms with Crippen molar-refractivity contribution >= 4 is 11.7 Å². The number of nitrogens with zero attached hydrogens (tertiary/aromatic N) is 2. The third kappa shape index (κ3) is 2.93. The molecule has 0 unspecified atom stereocenters. The highest BCUT2D eigenvalue weighted by Gasteiger charge is 2.17. The normalized spacial score (nSPS) is 10.4. The Bertz CT molecular complexity index is 435. The van der Waals surface area contributed by atoms with Gasteiger partial charge in [0.1, 0.15) is 0 Å². The quantitative estimate of drug-likeness (QED) is 0.837. The Kier molecular flexibility index (Phi) is 4.43. The molecule has 5 nitrogen and oxygen atoms in total. The van der Waals surface area contributed by atoms with Crippen LogP contribution in [0.5, 0.6) is 0 Å². The van der Waals surface area contributed by atoms with Crippen molar-refractivity contribution in [1.29, 1.82) is 0 Å². The average molecular weight is 237 g/mol. The van der Waals surface area contributed by atoms with Crippen molar-refractivity contribution in [1.82, 2.24) is 15.1 Å². The molecule has 0 aliphatic rings. The lowest BCUT2D eigenvalue weighted by Crippen LogP contribution is -2.24. The van der Waals surface area contributed by atoms with Gasteiger partial charge in [-0.15, -0.1) is 0 Å². The number of rotatable bonds is 5. The highest BCUT2D eigenvalue weighted by atomic mass is 16.2. The largest absolute Gasteiger partial charge is 0.351 e. The first-order valence-corrected chi connectivity index (χ1v) is 5.85. The number of carbonyl (C=O) groups excluding carboxylic acids is 2. The zero-order chi connectivity index (χ0) is 13.0. The van der Waals surface area contributed by atoms with Crippen LogP contribution in [0.15, 0.2) is 0 Å². The van der Waals surface area contributed by atoms with Crippen molar-refractivity contribution in [3.63, 3.8) is 0 Å². The van der Waals surface area contributed by atoms with E-state index in [9.17, 15) is 9.59 Å². The molecule has 1 aromatic heterocycles. The number of hydrogen-bond acceptors (Lipinski definition) is 3. The molecule has 0 saturated heterocycles. The smallest absolute Gasteiger partial charge is 0.272 e. The molecule has 0 spiro atoms. The predicted molar refractivity (Wildman–Crippen MR) is 65.0 cm³/mol. The van der Waals surface area contributed by atoms with Gasteiger partial charge in [-0.05, 0) is 20.8 Å². The molecule has 0 aromatic carbocycles. The second-order valence-corrected chi connectivity index (χ2v) is 3.97. The van der Waals surface area contributed by atoms with Gasteiger partial charge < -0.3 is 5.32 Å². The van der Waals surface area contributed by atoms with E-state index >= 15 is 0 Å². The maximum Gasteiger partial charge on any atom is 0.272 e. The monoisotopic (exact) mass is 237 g/mol. The lowest BCUT2D eigenvalue weighted by atomic mass is 10.2. The van der Waals surface area contributed by atoms with E-state index in [0.29, 0.717) is 18.7 Å². The molecule has 0 aliphatic heterocycles. The third-order valence-electron chi connectivity index (χ3n) is 2.78. The van der Waals surface area contributed by atoms with Gasteiger partial charge in [-0.2, -0.15) is 5.10 Å². The zero-order valence-electron chi connectivity index (χ0n) is 10.8. The molecule has 1 heterocycles. The summed E-state index contributed by atoms with van der Waals surface area (Å²) in [5.74, 6) is -0.0751. The Morgan fingerprint density at radius 3 is 2.47 bits per heavy atom. The van der Waals surface area contributed by atoms with Crippen LogP contribution in [0.1, 0.15) is 42.0 Å². The van der Waals surface area contributed by atoms with E-state index in [1.165, 1.54) is 0 Å². The minimum absolute atomic E-state index is 0.109. The molecule has 17 heavy (non-hydrogen) atoms. The van der Waals surface area contributed by atoms with Crippen LogP contribution in [-0.4, -0.2) is 28.0 Å². The standard InChI is InChI=1S/C12H19N3O2/c1-5-10(16)7-15-9(4)8(3)11(14-15)12(17)13-6-2/h5-7H2,1-4H3,(H,13,17). The summed E-state index contributed by atoms with van der Waals surface area (Å²) in [4.78, 5) is 23.1. The van der Waals surface area contributed by atoms with Gasteiger partial charge in [-0.3, -0.25) is 14.3 Å². The minimum Gasteiger partial charge on any atom is -0.351 e. The van der Waals surface area contributed by atoms with Crippen molar-refractivity contribution < 1.29 is 9.59 Å². The predicted octanol–water partition coefficient (Wildman–Crippen LogP) is 1.23. The van der Waals surface area contributed by atoms with Crippen molar-refractivity contribution in [3.05, 3.63) is 17.0 Å². The molecule has 0 bridgehead atoms. The maximum atomic E-state index is 11.7. The van der Waals surface area contributed by atoms with E-state index in [4.69, 9.17) is 0 Å².